The second kappa shape index (κ2) is 11.3. The molecule has 0 amide bonds. The monoisotopic (exact) mass is 751 g/mol. The fourth-order valence-electron chi connectivity index (χ4n) is 8.61. The Balaban J connectivity index is 1.08. The number of hydrogen-bond acceptors (Lipinski definition) is 7. The predicted molar refractivity (Wildman–Crippen MR) is 233 cm³/mol. The molecule has 8 aromatic carbocycles. The maximum absolute atomic E-state index is 6.97. The Morgan fingerprint density at radius 2 is 1.07 bits per heavy atom. The maximum atomic E-state index is 6.97. The van der Waals surface area contributed by atoms with E-state index >= 15 is 0 Å². The van der Waals surface area contributed by atoms with Crippen molar-refractivity contribution in [3.63, 3.8) is 0 Å². The SMILES string of the molecule is c1ccc(-c2nc(-c3ccccc3-c3ccc4sc5ccccc5c4c3)nc(-c3ccc4oc5c6ccccc6cc6oc7ccc8sc3c4c8c7c65)n2)cc1. The summed E-state index contributed by atoms with van der Waals surface area (Å²) in [7, 11) is 0. The summed E-state index contributed by atoms with van der Waals surface area (Å²) in [6.07, 6.45) is 0. The van der Waals surface area contributed by atoms with Crippen LogP contribution in [-0.2, 0) is 0 Å². The second-order valence-corrected chi connectivity index (χ2v) is 16.4. The van der Waals surface area contributed by atoms with Crippen LogP contribution in [0, 0.1) is 0 Å². The van der Waals surface area contributed by atoms with E-state index in [-0.39, 0.29) is 0 Å². The van der Waals surface area contributed by atoms with Gasteiger partial charge in [-0.25, -0.2) is 15.0 Å². The normalized spacial score (nSPS) is 12.3. The Morgan fingerprint density at radius 1 is 0.375 bits per heavy atom. The van der Waals surface area contributed by atoms with Gasteiger partial charge in [-0.15, -0.1) is 22.7 Å². The van der Waals surface area contributed by atoms with Crippen LogP contribution in [0.25, 0.3) is 130 Å². The predicted octanol–water partition coefficient (Wildman–Crippen LogP) is 14.5. The van der Waals surface area contributed by atoms with Crippen LogP contribution in [0.3, 0.4) is 0 Å². The van der Waals surface area contributed by atoms with E-state index in [1.54, 1.807) is 11.3 Å². The summed E-state index contributed by atoms with van der Waals surface area (Å²) in [5, 5.41) is 8.97. The van der Waals surface area contributed by atoms with Crippen LogP contribution in [0.15, 0.2) is 160 Å². The zero-order chi connectivity index (χ0) is 36.5. The van der Waals surface area contributed by atoms with E-state index < -0.39 is 0 Å². The number of aromatic nitrogens is 3. The molecule has 0 radical (unpaired) electrons. The number of rotatable bonds is 4. The largest absolute Gasteiger partial charge is 0.456 e. The molecule has 5 aromatic heterocycles. The number of fused-ring (bicyclic) bond motifs is 5. The lowest BCUT2D eigenvalue weighted by molar-refractivity contribution is 0.660. The van der Waals surface area contributed by atoms with Gasteiger partial charge < -0.3 is 8.83 Å². The number of benzene rings is 8. The highest BCUT2D eigenvalue weighted by Crippen LogP contribution is 2.50. The van der Waals surface area contributed by atoms with Crippen molar-refractivity contribution in [2.45, 2.75) is 0 Å². The van der Waals surface area contributed by atoms with Gasteiger partial charge in [-0.1, -0.05) is 103 Å². The minimum Gasteiger partial charge on any atom is -0.456 e. The molecule has 0 atom stereocenters. The molecule has 13 aromatic rings. The summed E-state index contributed by atoms with van der Waals surface area (Å²) < 4.78 is 18.3. The summed E-state index contributed by atoms with van der Waals surface area (Å²) in [6, 6.07) is 52.9. The molecule has 5 heterocycles. The molecule has 0 bridgehead atoms. The first-order valence-corrected chi connectivity index (χ1v) is 20.1. The Bertz CT molecular complexity index is 3720. The second-order valence-electron chi connectivity index (χ2n) is 14.3. The first-order chi connectivity index (χ1) is 27.7. The van der Waals surface area contributed by atoms with Gasteiger partial charge in [-0.05, 0) is 65.0 Å². The van der Waals surface area contributed by atoms with Gasteiger partial charge in [0.15, 0.2) is 17.5 Å². The molecule has 13 rings (SSSR count). The first kappa shape index (κ1) is 30.4. The Hall–Kier alpha value is -6.93. The summed E-state index contributed by atoms with van der Waals surface area (Å²) in [4.78, 5) is 15.7. The van der Waals surface area contributed by atoms with Gasteiger partial charge in [0.1, 0.15) is 22.3 Å². The van der Waals surface area contributed by atoms with Crippen LogP contribution in [0.4, 0.5) is 0 Å². The van der Waals surface area contributed by atoms with Gasteiger partial charge in [0, 0.05) is 63.1 Å². The third-order valence-electron chi connectivity index (χ3n) is 11.1. The van der Waals surface area contributed by atoms with E-state index in [2.05, 4.69) is 133 Å². The molecule has 0 fully saturated rings. The minimum atomic E-state index is 0.613. The number of nitrogens with zero attached hydrogens (tertiary/aromatic N) is 3. The fourth-order valence-corrected chi connectivity index (χ4v) is 10.9. The molecule has 260 valence electrons. The topological polar surface area (TPSA) is 65.0 Å². The molecule has 0 aliphatic carbocycles. The van der Waals surface area contributed by atoms with E-state index in [4.69, 9.17) is 23.8 Å². The van der Waals surface area contributed by atoms with E-state index in [1.165, 1.54) is 20.2 Å². The van der Waals surface area contributed by atoms with Crippen LogP contribution >= 0.6 is 22.7 Å². The summed E-state index contributed by atoms with van der Waals surface area (Å²) >= 11 is 3.57. The smallest absolute Gasteiger partial charge is 0.165 e. The molecule has 0 aliphatic rings. The Labute approximate surface area is 326 Å². The van der Waals surface area contributed by atoms with Crippen molar-refractivity contribution in [3.05, 3.63) is 152 Å². The van der Waals surface area contributed by atoms with E-state index in [1.807, 2.05) is 29.5 Å². The van der Waals surface area contributed by atoms with Crippen LogP contribution in [0.5, 0.6) is 0 Å². The molecule has 0 saturated heterocycles. The molecule has 0 aliphatic heterocycles. The molecule has 0 unspecified atom stereocenters. The number of hydrogen-bond donors (Lipinski definition) is 0. The average Bonchev–Trinajstić information content (AvgIpc) is 3.91. The molecule has 7 heteroatoms. The molecular formula is C49H25N3O2S2. The lowest BCUT2D eigenvalue weighted by atomic mass is 9.97. The third-order valence-corrected chi connectivity index (χ3v) is 13.5. The molecule has 5 nitrogen and oxygen atoms in total. The van der Waals surface area contributed by atoms with E-state index in [9.17, 15) is 0 Å². The van der Waals surface area contributed by atoms with Crippen molar-refractivity contribution < 1.29 is 8.83 Å². The van der Waals surface area contributed by atoms with Crippen molar-refractivity contribution >= 4 is 107 Å². The minimum absolute atomic E-state index is 0.613. The van der Waals surface area contributed by atoms with E-state index in [0.717, 1.165) is 91.9 Å². The molecule has 0 N–H and O–H groups in total. The highest BCUT2D eigenvalue weighted by Gasteiger charge is 2.25. The van der Waals surface area contributed by atoms with Gasteiger partial charge in [0.2, 0.25) is 0 Å². The van der Waals surface area contributed by atoms with Crippen molar-refractivity contribution in [2.24, 2.45) is 0 Å². The van der Waals surface area contributed by atoms with Crippen molar-refractivity contribution in [2.75, 3.05) is 0 Å². The van der Waals surface area contributed by atoms with Crippen molar-refractivity contribution in [1.29, 1.82) is 0 Å². The van der Waals surface area contributed by atoms with Crippen molar-refractivity contribution in [1.82, 2.24) is 15.0 Å². The summed E-state index contributed by atoms with van der Waals surface area (Å²) in [5.74, 6) is 1.86. The third kappa shape index (κ3) is 4.26. The van der Waals surface area contributed by atoms with Gasteiger partial charge in [-0.3, -0.25) is 0 Å². The lowest BCUT2D eigenvalue weighted by Gasteiger charge is -2.12. The van der Waals surface area contributed by atoms with Crippen LogP contribution in [0.1, 0.15) is 0 Å². The van der Waals surface area contributed by atoms with Crippen LogP contribution in [0.2, 0.25) is 0 Å². The van der Waals surface area contributed by atoms with Gasteiger partial charge >= 0.3 is 0 Å². The highest BCUT2D eigenvalue weighted by atomic mass is 32.1. The van der Waals surface area contributed by atoms with Gasteiger partial charge in [-0.2, -0.15) is 0 Å². The quantitative estimate of drug-likeness (QED) is 0.179. The summed E-state index contributed by atoms with van der Waals surface area (Å²) in [5.41, 5.74) is 8.32. The lowest BCUT2D eigenvalue weighted by Crippen LogP contribution is -2.01. The van der Waals surface area contributed by atoms with E-state index in [0.29, 0.717) is 17.5 Å². The number of thiophene rings is 2. The highest BCUT2D eigenvalue weighted by molar-refractivity contribution is 7.26. The molecular weight excluding hydrogens is 727 g/mol. The zero-order valence-electron chi connectivity index (χ0n) is 29.4. The van der Waals surface area contributed by atoms with Gasteiger partial charge in [0.05, 0.1) is 10.1 Å². The maximum Gasteiger partial charge on any atom is 0.165 e. The Kier molecular flexibility index (Phi) is 6.14. The zero-order valence-corrected chi connectivity index (χ0v) is 31.0. The molecule has 56 heavy (non-hydrogen) atoms. The molecule has 0 saturated carbocycles. The Morgan fingerprint density at radius 3 is 1.98 bits per heavy atom. The standard InChI is InChI=1S/C49H25N3O2S2/c1-2-10-26(11-3-1)47-50-48(32-16-7-6-13-29(32)28-18-22-39-34(24-28)31-15-8-9-17-38(31)55-39)52-49(51-47)33-19-20-36-43-44-40(56-46(33)43)23-21-35-41(44)42-37(53-35)25-27-12-4-5-14-30(27)45(42)54-36/h1-25H. The van der Waals surface area contributed by atoms with Gasteiger partial charge in [0.25, 0.3) is 0 Å². The number of furan rings is 1. The fraction of sp³-hybridized carbons (Fsp3) is 0. The summed E-state index contributed by atoms with van der Waals surface area (Å²) in [6.45, 7) is 0. The molecule has 0 spiro atoms. The van der Waals surface area contributed by atoms with Crippen molar-refractivity contribution in [3.8, 4) is 45.3 Å². The average molecular weight is 752 g/mol. The van der Waals surface area contributed by atoms with Crippen LogP contribution < -0.4 is 0 Å². The first-order valence-electron chi connectivity index (χ1n) is 18.5. The van der Waals surface area contributed by atoms with Crippen LogP contribution in [-0.4, -0.2) is 15.0 Å².